The molecule has 2 amide bonds. The third-order valence-corrected chi connectivity index (χ3v) is 8.18. The molecule has 0 radical (unpaired) electrons. The van der Waals surface area contributed by atoms with Crippen LogP contribution in [0.5, 0.6) is 11.5 Å². The van der Waals surface area contributed by atoms with Gasteiger partial charge in [-0.2, -0.15) is 5.10 Å². The van der Waals surface area contributed by atoms with Crippen molar-refractivity contribution in [3.8, 4) is 17.2 Å². The lowest BCUT2D eigenvalue weighted by molar-refractivity contribution is -0.122. The number of anilines is 1. The molecule has 5 rings (SSSR count). The molecule has 1 atom stereocenters. The second-order valence-electron chi connectivity index (χ2n) is 11.5. The maximum absolute atomic E-state index is 13.8. The Hall–Kier alpha value is -3.50. The average molecular weight is 564 g/mol. The number of nitrogens with zero attached hydrogens (tertiary/aromatic N) is 4. The highest BCUT2D eigenvalue weighted by atomic mass is 32.2. The Balaban J connectivity index is 1.68. The van der Waals surface area contributed by atoms with Gasteiger partial charge in [0, 0.05) is 24.1 Å². The van der Waals surface area contributed by atoms with Gasteiger partial charge in [-0.25, -0.2) is 4.68 Å². The molecule has 0 spiro atoms. The summed E-state index contributed by atoms with van der Waals surface area (Å²) < 4.78 is 13.1. The smallest absolute Gasteiger partial charge is 0.240 e. The molecule has 0 unspecified atom stereocenters. The Kier molecular flexibility index (Phi) is 7.83. The van der Waals surface area contributed by atoms with E-state index < -0.39 is 0 Å². The van der Waals surface area contributed by atoms with Crippen LogP contribution in [-0.2, 0) is 15.0 Å². The van der Waals surface area contributed by atoms with Crippen LogP contribution >= 0.6 is 11.8 Å². The molecule has 2 aliphatic heterocycles. The van der Waals surface area contributed by atoms with Crippen molar-refractivity contribution >= 4 is 29.4 Å². The second kappa shape index (κ2) is 11.2. The van der Waals surface area contributed by atoms with Crippen LogP contribution in [0.1, 0.15) is 48.4 Å². The number of aryl methyl sites for hydroxylation is 1. The maximum atomic E-state index is 13.8. The summed E-state index contributed by atoms with van der Waals surface area (Å²) >= 11 is 1.55. The number of nitrogens with one attached hydrogen (secondary N) is 1. The van der Waals surface area contributed by atoms with Gasteiger partial charge in [-0.15, -0.1) is 11.8 Å². The summed E-state index contributed by atoms with van der Waals surface area (Å²) in [6.45, 7) is 9.73. The molecule has 3 heterocycles. The fourth-order valence-corrected chi connectivity index (χ4v) is 6.16. The van der Waals surface area contributed by atoms with E-state index in [1.807, 2.05) is 73.1 Å². The molecular weight excluding hydrogens is 526 g/mol. The van der Waals surface area contributed by atoms with Gasteiger partial charge >= 0.3 is 0 Å². The summed E-state index contributed by atoms with van der Waals surface area (Å²) in [6.07, 6.45) is 0. The van der Waals surface area contributed by atoms with E-state index in [1.54, 1.807) is 16.7 Å². The predicted octanol–water partition coefficient (Wildman–Crippen LogP) is 4.05. The first-order valence-corrected chi connectivity index (χ1v) is 14.5. The van der Waals surface area contributed by atoms with Crippen LogP contribution in [0.15, 0.2) is 42.5 Å². The molecule has 0 aliphatic carbocycles. The van der Waals surface area contributed by atoms with Crippen molar-refractivity contribution in [2.75, 3.05) is 51.2 Å². The van der Waals surface area contributed by atoms with E-state index in [9.17, 15) is 9.59 Å². The minimum absolute atomic E-state index is 0.0885. The summed E-state index contributed by atoms with van der Waals surface area (Å²) in [5.74, 6) is 1.91. The predicted molar refractivity (Wildman–Crippen MR) is 158 cm³/mol. The van der Waals surface area contributed by atoms with E-state index in [0.29, 0.717) is 30.4 Å². The largest absolute Gasteiger partial charge is 0.454 e. The first-order valence-electron chi connectivity index (χ1n) is 13.5. The highest BCUT2D eigenvalue weighted by molar-refractivity contribution is 8.00. The minimum atomic E-state index is -0.332. The van der Waals surface area contributed by atoms with Gasteiger partial charge in [-0.05, 0) is 56.4 Å². The van der Waals surface area contributed by atoms with Crippen molar-refractivity contribution in [3.63, 3.8) is 0 Å². The van der Waals surface area contributed by atoms with Gasteiger partial charge in [0.25, 0.3) is 0 Å². The van der Waals surface area contributed by atoms with Crippen LogP contribution < -0.4 is 19.7 Å². The maximum Gasteiger partial charge on any atom is 0.240 e. The Morgan fingerprint density at radius 2 is 1.93 bits per heavy atom. The number of aromatic nitrogens is 2. The lowest BCUT2D eigenvalue weighted by atomic mass is 9.87. The zero-order valence-corrected chi connectivity index (χ0v) is 24.8. The van der Waals surface area contributed by atoms with E-state index in [0.717, 1.165) is 28.1 Å². The van der Waals surface area contributed by atoms with Crippen molar-refractivity contribution in [2.45, 2.75) is 38.4 Å². The number of fused-ring (bicyclic) bond motifs is 2. The number of rotatable bonds is 7. The van der Waals surface area contributed by atoms with Crippen molar-refractivity contribution < 1.29 is 19.1 Å². The van der Waals surface area contributed by atoms with Gasteiger partial charge < -0.3 is 19.7 Å². The number of carbonyl (C=O) groups excluding carboxylic acids is 2. The van der Waals surface area contributed by atoms with Gasteiger partial charge in [-0.1, -0.05) is 39.0 Å². The molecular formula is C30H37N5O4S. The fourth-order valence-electron chi connectivity index (χ4n) is 4.97. The van der Waals surface area contributed by atoms with E-state index in [-0.39, 0.29) is 41.6 Å². The number of likely N-dealkylation sites (N-methyl/N-ethyl adjacent to an activating group) is 1. The molecule has 0 saturated heterocycles. The van der Waals surface area contributed by atoms with Gasteiger partial charge in [0.15, 0.2) is 11.5 Å². The first kappa shape index (κ1) is 28.0. The molecule has 2 aliphatic rings. The van der Waals surface area contributed by atoms with Crippen LogP contribution in [0.25, 0.3) is 5.69 Å². The molecule has 0 fully saturated rings. The van der Waals surface area contributed by atoms with Crippen LogP contribution in [0.3, 0.4) is 0 Å². The summed E-state index contributed by atoms with van der Waals surface area (Å²) in [5.41, 5.74) is 4.40. The number of ether oxygens (including phenoxy) is 2. The summed E-state index contributed by atoms with van der Waals surface area (Å²) in [5, 5.41) is 7.92. The topological polar surface area (TPSA) is 88.9 Å². The lowest BCUT2D eigenvalue weighted by Gasteiger charge is -2.25. The van der Waals surface area contributed by atoms with Crippen LogP contribution in [0, 0.1) is 6.92 Å². The zero-order valence-electron chi connectivity index (χ0n) is 24.0. The van der Waals surface area contributed by atoms with E-state index in [4.69, 9.17) is 14.6 Å². The molecule has 40 heavy (non-hydrogen) atoms. The van der Waals surface area contributed by atoms with Crippen molar-refractivity contribution in [3.05, 3.63) is 64.8 Å². The number of amides is 2. The van der Waals surface area contributed by atoms with Crippen molar-refractivity contribution in [1.82, 2.24) is 20.0 Å². The summed E-state index contributed by atoms with van der Waals surface area (Å²) in [7, 11) is 3.91. The first-order chi connectivity index (χ1) is 19.0. The van der Waals surface area contributed by atoms with E-state index in [1.165, 1.54) is 0 Å². The van der Waals surface area contributed by atoms with Crippen LogP contribution in [0.2, 0.25) is 0 Å². The van der Waals surface area contributed by atoms with Crippen molar-refractivity contribution in [2.24, 2.45) is 0 Å². The van der Waals surface area contributed by atoms with Crippen LogP contribution in [0.4, 0.5) is 5.82 Å². The van der Waals surface area contributed by atoms with Gasteiger partial charge in [-0.3, -0.25) is 14.5 Å². The molecule has 2 aromatic carbocycles. The summed E-state index contributed by atoms with van der Waals surface area (Å²) in [4.78, 5) is 30.6. The molecule has 3 aromatic rings. The van der Waals surface area contributed by atoms with Crippen LogP contribution in [-0.4, -0.2) is 72.8 Å². The quantitative estimate of drug-likeness (QED) is 0.464. The Bertz CT molecular complexity index is 1430. The number of hydrogen-bond acceptors (Lipinski definition) is 7. The number of thioether (sulfide) groups is 1. The summed E-state index contributed by atoms with van der Waals surface area (Å²) in [6, 6.07) is 14.0. The Labute approximate surface area is 239 Å². The van der Waals surface area contributed by atoms with Gasteiger partial charge in [0.1, 0.15) is 12.4 Å². The average Bonchev–Trinajstić information content (AvgIpc) is 3.49. The molecule has 0 bridgehead atoms. The molecule has 10 heteroatoms. The van der Waals surface area contributed by atoms with E-state index >= 15 is 0 Å². The monoisotopic (exact) mass is 563 g/mol. The molecule has 9 nitrogen and oxygen atoms in total. The normalized spacial score (nSPS) is 16.7. The highest BCUT2D eigenvalue weighted by Gasteiger charge is 2.40. The third kappa shape index (κ3) is 5.69. The Morgan fingerprint density at radius 3 is 2.65 bits per heavy atom. The minimum Gasteiger partial charge on any atom is -0.454 e. The van der Waals surface area contributed by atoms with E-state index in [2.05, 4.69) is 26.1 Å². The number of hydrogen-bond donors (Lipinski definition) is 1. The van der Waals surface area contributed by atoms with Gasteiger partial charge in [0.05, 0.1) is 22.4 Å². The molecule has 0 saturated carbocycles. The molecule has 212 valence electrons. The molecule has 1 aromatic heterocycles. The SMILES string of the molecule is Cc1cccc(-n2nc(C(C)(C)C)c3c2N(CC(=O)NCCN(C)C)C(=O)CS[C@@H]3c2ccc3c(c2)OCO3)c1. The fraction of sp³-hybridized carbons (Fsp3) is 0.433. The van der Waals surface area contributed by atoms with Gasteiger partial charge in [0.2, 0.25) is 18.6 Å². The highest BCUT2D eigenvalue weighted by Crippen LogP contribution is 2.49. The zero-order chi connectivity index (χ0) is 28.6. The second-order valence-corrected chi connectivity index (χ2v) is 12.6. The lowest BCUT2D eigenvalue weighted by Crippen LogP contribution is -2.43. The number of carbonyl (C=O) groups is 2. The standard InChI is InChI=1S/C30H37N5O4S/c1-19-8-7-9-21(14-19)35-29-26(28(32-35)30(2,3)4)27(20-10-11-22-23(15-20)39-18-38-22)40-17-25(37)34(29)16-24(36)31-12-13-33(5)6/h7-11,14-15,27H,12-13,16-18H2,1-6H3,(H,31,36)/t27-/m1/s1. The third-order valence-electron chi connectivity index (χ3n) is 6.93. The Morgan fingerprint density at radius 1 is 1.15 bits per heavy atom. The van der Waals surface area contributed by atoms with Crippen molar-refractivity contribution in [1.29, 1.82) is 0 Å². The molecule has 1 N–H and O–H groups in total. The number of benzene rings is 2.